The van der Waals surface area contributed by atoms with Crippen molar-refractivity contribution in [3.8, 4) is 17.6 Å². The third kappa shape index (κ3) is 4.50. The van der Waals surface area contributed by atoms with Gasteiger partial charge in [-0.05, 0) is 49.4 Å². The van der Waals surface area contributed by atoms with Crippen molar-refractivity contribution in [2.75, 3.05) is 6.61 Å². The van der Waals surface area contributed by atoms with E-state index in [9.17, 15) is 18.3 Å². The minimum atomic E-state index is -3.86. The van der Waals surface area contributed by atoms with Crippen molar-refractivity contribution in [2.45, 2.75) is 64.3 Å². The van der Waals surface area contributed by atoms with Crippen LogP contribution < -0.4 is 9.46 Å². The van der Waals surface area contributed by atoms with Gasteiger partial charge in [-0.15, -0.1) is 5.92 Å². The highest BCUT2D eigenvalue weighted by Crippen LogP contribution is 2.50. The van der Waals surface area contributed by atoms with Crippen LogP contribution >= 0.6 is 0 Å². The Hall–Kier alpha value is -2.04. The normalized spacial score (nSPS) is 22.8. The molecule has 2 rings (SSSR count). The lowest BCUT2D eigenvalue weighted by molar-refractivity contribution is -0.162. The second kappa shape index (κ2) is 8.54. The van der Waals surface area contributed by atoms with E-state index in [0.717, 1.165) is 12.8 Å². The number of carbonyl (C=O) groups is 1. The van der Waals surface area contributed by atoms with Gasteiger partial charge in [0, 0.05) is 6.04 Å². The average molecular weight is 408 g/mol. The lowest BCUT2D eigenvalue weighted by Crippen LogP contribution is -2.59. The summed E-state index contributed by atoms with van der Waals surface area (Å²) < 4.78 is 34.0. The summed E-state index contributed by atoms with van der Waals surface area (Å²) in [6.07, 6.45) is 2.52. The Morgan fingerprint density at radius 3 is 2.46 bits per heavy atom. The van der Waals surface area contributed by atoms with Crippen molar-refractivity contribution < 1.29 is 23.1 Å². The van der Waals surface area contributed by atoms with Crippen molar-refractivity contribution in [1.82, 2.24) is 4.72 Å². The molecule has 7 heteroatoms. The lowest BCUT2D eigenvalue weighted by atomic mass is 9.57. The van der Waals surface area contributed by atoms with Crippen molar-refractivity contribution >= 4 is 16.0 Å². The van der Waals surface area contributed by atoms with E-state index in [4.69, 9.17) is 4.74 Å². The summed E-state index contributed by atoms with van der Waals surface area (Å²) >= 11 is 0. The molecule has 28 heavy (non-hydrogen) atoms. The monoisotopic (exact) mass is 407 g/mol. The number of hydrogen-bond acceptors (Lipinski definition) is 4. The Kier molecular flexibility index (Phi) is 6.79. The minimum Gasteiger partial charge on any atom is -0.481 e. The largest absolute Gasteiger partial charge is 0.481 e. The maximum Gasteiger partial charge on any atom is 0.311 e. The smallest absolute Gasteiger partial charge is 0.311 e. The first-order valence-corrected chi connectivity index (χ1v) is 10.9. The van der Waals surface area contributed by atoms with Gasteiger partial charge in [-0.25, -0.2) is 13.1 Å². The molecule has 0 unspecified atom stereocenters. The van der Waals surface area contributed by atoms with Crippen LogP contribution in [0.15, 0.2) is 29.2 Å². The van der Waals surface area contributed by atoms with Crippen LogP contribution in [0.4, 0.5) is 0 Å². The van der Waals surface area contributed by atoms with Crippen molar-refractivity contribution in [3.63, 3.8) is 0 Å². The van der Waals surface area contributed by atoms with Crippen LogP contribution in [0.3, 0.4) is 0 Å². The molecule has 2 N–H and O–H groups in total. The molecule has 0 spiro atoms. The second-order valence-corrected chi connectivity index (χ2v) is 9.85. The van der Waals surface area contributed by atoms with Crippen molar-refractivity contribution in [1.29, 1.82) is 0 Å². The zero-order valence-corrected chi connectivity index (χ0v) is 17.7. The van der Waals surface area contributed by atoms with Gasteiger partial charge in [0.25, 0.3) is 0 Å². The van der Waals surface area contributed by atoms with Crippen LogP contribution in [0.2, 0.25) is 0 Å². The molecule has 0 amide bonds. The molecule has 154 valence electrons. The molecule has 1 fully saturated rings. The van der Waals surface area contributed by atoms with Crippen LogP contribution in [0, 0.1) is 22.7 Å². The summed E-state index contributed by atoms with van der Waals surface area (Å²) in [5.74, 6) is 5.06. The van der Waals surface area contributed by atoms with Crippen LogP contribution in [-0.4, -0.2) is 32.1 Å². The molecule has 1 aliphatic rings. The molecule has 0 radical (unpaired) electrons. The highest BCUT2D eigenvalue weighted by molar-refractivity contribution is 7.89. The van der Waals surface area contributed by atoms with Gasteiger partial charge in [0.1, 0.15) is 12.4 Å². The highest BCUT2D eigenvalue weighted by Gasteiger charge is 2.56. The molecule has 0 heterocycles. The molecule has 1 aromatic carbocycles. The van der Waals surface area contributed by atoms with E-state index in [1.54, 1.807) is 19.1 Å². The molecule has 1 aromatic rings. The molecule has 2 atom stereocenters. The molecule has 6 nitrogen and oxygen atoms in total. The first-order valence-electron chi connectivity index (χ1n) is 9.43. The zero-order chi connectivity index (χ0) is 21.0. The fraction of sp³-hybridized carbons (Fsp3) is 0.571. The Bertz CT molecular complexity index is 859. The summed E-state index contributed by atoms with van der Waals surface area (Å²) in [4.78, 5) is 12.3. The minimum absolute atomic E-state index is 0.0835. The van der Waals surface area contributed by atoms with Gasteiger partial charge in [0.15, 0.2) is 0 Å². The first kappa shape index (κ1) is 22.3. The standard InChI is InChI=1S/C21H29NO5S/c1-5-6-15-27-16-10-12-17(13-11-16)28(25,26)22-18-9-7-8-14-21(18,19(23)24)20(2,3)4/h10-13,18,22H,7-9,14-15H2,1-4H3,(H,23,24)/t18-,21-/m1/s1. The summed E-state index contributed by atoms with van der Waals surface area (Å²) in [6, 6.07) is 5.39. The summed E-state index contributed by atoms with van der Waals surface area (Å²) in [5.41, 5.74) is -1.75. The maximum absolute atomic E-state index is 12.9. The molecule has 0 aromatic heterocycles. The number of carboxylic acid groups (broad SMARTS) is 1. The van der Waals surface area contributed by atoms with E-state index >= 15 is 0 Å². The fourth-order valence-corrected chi connectivity index (χ4v) is 5.29. The number of aliphatic carboxylic acids is 1. The van der Waals surface area contributed by atoms with Gasteiger partial charge in [-0.2, -0.15) is 0 Å². The SMILES string of the molecule is CC#CCOc1ccc(S(=O)(=O)N[C@@H]2CCCC[C@@]2(C(=O)O)C(C)(C)C)cc1. The first-order chi connectivity index (χ1) is 13.0. The number of ether oxygens (including phenoxy) is 1. The van der Waals surface area contributed by atoms with Crippen LogP contribution in [-0.2, 0) is 14.8 Å². The summed E-state index contributed by atoms with van der Waals surface area (Å²) in [5, 5.41) is 10.0. The number of nitrogens with one attached hydrogen (secondary N) is 1. The number of benzene rings is 1. The van der Waals surface area contributed by atoms with E-state index in [1.165, 1.54) is 12.1 Å². The summed E-state index contributed by atoms with van der Waals surface area (Å²) in [7, 11) is -3.86. The Balaban J connectivity index is 2.28. The predicted octanol–water partition coefficient (Wildman–Crippen LogP) is 3.43. The topological polar surface area (TPSA) is 92.7 Å². The van der Waals surface area contributed by atoms with E-state index in [1.807, 2.05) is 20.8 Å². The zero-order valence-electron chi connectivity index (χ0n) is 16.9. The van der Waals surface area contributed by atoms with Gasteiger partial charge in [-0.3, -0.25) is 4.79 Å². The molecular weight excluding hydrogens is 378 g/mol. The number of sulfonamides is 1. The number of carboxylic acids is 1. The quantitative estimate of drug-likeness (QED) is 0.705. The summed E-state index contributed by atoms with van der Waals surface area (Å²) in [6.45, 7) is 7.53. The maximum atomic E-state index is 12.9. The Morgan fingerprint density at radius 1 is 1.29 bits per heavy atom. The van der Waals surface area contributed by atoms with Crippen molar-refractivity contribution in [2.24, 2.45) is 10.8 Å². The lowest BCUT2D eigenvalue weighted by Gasteiger charge is -2.49. The predicted molar refractivity (Wildman–Crippen MR) is 107 cm³/mol. The molecule has 1 saturated carbocycles. The third-order valence-electron chi connectivity index (χ3n) is 5.55. The third-order valence-corrected chi connectivity index (χ3v) is 7.04. The Morgan fingerprint density at radius 2 is 1.93 bits per heavy atom. The van der Waals surface area contributed by atoms with Crippen molar-refractivity contribution in [3.05, 3.63) is 24.3 Å². The highest BCUT2D eigenvalue weighted by atomic mass is 32.2. The second-order valence-electron chi connectivity index (χ2n) is 8.13. The number of rotatable bonds is 6. The fourth-order valence-electron chi connectivity index (χ4n) is 3.97. The van der Waals surface area contributed by atoms with E-state index in [-0.39, 0.29) is 11.5 Å². The van der Waals surface area contributed by atoms with Crippen LogP contribution in [0.25, 0.3) is 0 Å². The molecule has 0 aliphatic heterocycles. The van der Waals surface area contributed by atoms with Gasteiger partial charge < -0.3 is 9.84 Å². The van der Waals surface area contributed by atoms with Gasteiger partial charge >= 0.3 is 5.97 Å². The van der Waals surface area contributed by atoms with Gasteiger partial charge in [0.05, 0.1) is 10.3 Å². The number of hydrogen-bond donors (Lipinski definition) is 2. The van der Waals surface area contributed by atoms with Gasteiger partial charge in [-0.1, -0.05) is 39.5 Å². The Labute approximate surface area is 167 Å². The average Bonchev–Trinajstić information content (AvgIpc) is 2.61. The van der Waals surface area contributed by atoms with Crippen LogP contribution in [0.5, 0.6) is 5.75 Å². The molecule has 1 aliphatic carbocycles. The molecule has 0 saturated heterocycles. The molecular formula is C21H29NO5S. The van der Waals surface area contributed by atoms with E-state index < -0.39 is 32.9 Å². The van der Waals surface area contributed by atoms with E-state index in [0.29, 0.717) is 18.6 Å². The van der Waals surface area contributed by atoms with Gasteiger partial charge in [0.2, 0.25) is 10.0 Å². The van der Waals surface area contributed by atoms with Crippen LogP contribution in [0.1, 0.15) is 53.4 Å². The van der Waals surface area contributed by atoms with E-state index in [2.05, 4.69) is 16.6 Å². The molecule has 0 bridgehead atoms.